The van der Waals surface area contributed by atoms with E-state index < -0.39 is 0 Å². The van der Waals surface area contributed by atoms with E-state index in [1.165, 1.54) is 72.6 Å². The molecule has 1 atom stereocenters. The molecule has 0 N–H and O–H groups in total. The summed E-state index contributed by atoms with van der Waals surface area (Å²) >= 11 is 0. The van der Waals surface area contributed by atoms with Crippen LogP contribution < -0.4 is 4.90 Å². The predicted octanol–water partition coefficient (Wildman–Crippen LogP) is 13.1. The zero-order valence-corrected chi connectivity index (χ0v) is 30.8. The highest BCUT2D eigenvalue weighted by Crippen LogP contribution is 2.59. The third-order valence-electron chi connectivity index (χ3n) is 12.3. The molecule has 0 bridgehead atoms. The Balaban J connectivity index is 1.18. The Morgan fingerprint density at radius 3 is 1.65 bits per heavy atom. The van der Waals surface area contributed by atoms with E-state index in [4.69, 9.17) is 0 Å². The third-order valence-corrected chi connectivity index (χ3v) is 12.3. The molecule has 0 aliphatic heterocycles. The molecule has 1 unspecified atom stereocenters. The minimum absolute atomic E-state index is 0.0752. The lowest BCUT2D eigenvalue weighted by Gasteiger charge is -2.35. The lowest BCUT2D eigenvalue weighted by molar-refractivity contribution is 0.473. The van der Waals surface area contributed by atoms with Gasteiger partial charge in [-0.15, -0.1) is 0 Å². The largest absolute Gasteiger partial charge is 0.310 e. The number of fused-ring (bicyclic) bond motifs is 4. The van der Waals surface area contributed by atoms with Gasteiger partial charge in [-0.25, -0.2) is 0 Å². The molecule has 7 aromatic rings. The molecule has 2 aliphatic carbocycles. The molecule has 9 rings (SSSR count). The van der Waals surface area contributed by atoms with Crippen molar-refractivity contribution in [2.45, 2.75) is 57.3 Å². The molecular formula is C51H45N. The van der Waals surface area contributed by atoms with Crippen LogP contribution in [0.1, 0.15) is 77.3 Å². The van der Waals surface area contributed by atoms with Crippen LogP contribution in [-0.4, -0.2) is 0 Å². The maximum atomic E-state index is 2.46. The van der Waals surface area contributed by atoms with Gasteiger partial charge in [-0.05, 0) is 106 Å². The van der Waals surface area contributed by atoms with E-state index in [1.807, 2.05) is 0 Å². The number of anilines is 3. The van der Waals surface area contributed by atoms with Gasteiger partial charge in [-0.1, -0.05) is 166 Å². The van der Waals surface area contributed by atoms with E-state index in [-0.39, 0.29) is 16.2 Å². The smallest absolute Gasteiger partial charge is 0.0490 e. The van der Waals surface area contributed by atoms with E-state index in [9.17, 15) is 0 Å². The SMILES string of the molecule is Cc1ccc(N(c2ccc(C3(C)CC(c4ccccc4)(c4ccccc4)c4ccccc43)cc2)c2ccc3c(c2)C(C)(C)c2ccccc2-3)c(C)c1. The Bertz CT molecular complexity index is 2400. The quantitative estimate of drug-likeness (QED) is 0.170. The van der Waals surface area contributed by atoms with Gasteiger partial charge in [0.05, 0.1) is 0 Å². The van der Waals surface area contributed by atoms with Crippen molar-refractivity contribution in [3.05, 3.63) is 220 Å². The highest BCUT2D eigenvalue weighted by atomic mass is 15.1. The summed E-state index contributed by atoms with van der Waals surface area (Å²) < 4.78 is 0. The van der Waals surface area contributed by atoms with Crippen LogP contribution in [0, 0.1) is 13.8 Å². The fourth-order valence-electron chi connectivity index (χ4n) is 9.74. The van der Waals surface area contributed by atoms with Crippen molar-refractivity contribution in [3.63, 3.8) is 0 Å². The van der Waals surface area contributed by atoms with Gasteiger partial charge in [0.15, 0.2) is 0 Å². The first-order valence-electron chi connectivity index (χ1n) is 18.7. The third kappa shape index (κ3) is 4.76. The van der Waals surface area contributed by atoms with Crippen LogP contribution in [0.5, 0.6) is 0 Å². The summed E-state index contributed by atoms with van der Waals surface area (Å²) in [5.41, 5.74) is 17.9. The normalized spacial score (nSPS) is 17.6. The second kappa shape index (κ2) is 12.0. The summed E-state index contributed by atoms with van der Waals surface area (Å²) in [6.45, 7) is 11.6. The molecule has 0 amide bonds. The standard InChI is InChI=1S/C51H45N/c1-35-24-31-48(36(2)32-35)52(41-29-30-43-42-20-12-13-21-44(42)49(3,4)47(43)33-41)40-27-25-37(26-28-40)50(5)34-51(38-16-8-6-9-17-38,39-18-10-7-11-19-39)46-23-15-14-22-45(46)50/h6-33H,34H2,1-5H3. The van der Waals surface area contributed by atoms with Crippen LogP contribution in [-0.2, 0) is 16.2 Å². The number of aryl methyl sites for hydroxylation is 2. The van der Waals surface area contributed by atoms with Crippen molar-refractivity contribution in [1.29, 1.82) is 0 Å². The van der Waals surface area contributed by atoms with Crippen molar-refractivity contribution in [2.75, 3.05) is 4.90 Å². The fourth-order valence-corrected chi connectivity index (χ4v) is 9.74. The Hall–Kier alpha value is -5.66. The van der Waals surface area contributed by atoms with Gasteiger partial charge in [-0.3, -0.25) is 0 Å². The van der Waals surface area contributed by atoms with Crippen molar-refractivity contribution in [3.8, 4) is 11.1 Å². The number of hydrogen-bond acceptors (Lipinski definition) is 1. The Labute approximate surface area is 309 Å². The number of hydrogen-bond donors (Lipinski definition) is 0. The Kier molecular flexibility index (Phi) is 7.42. The molecule has 254 valence electrons. The minimum atomic E-state index is -0.258. The summed E-state index contributed by atoms with van der Waals surface area (Å²) in [7, 11) is 0. The predicted molar refractivity (Wildman–Crippen MR) is 218 cm³/mol. The van der Waals surface area contributed by atoms with Crippen molar-refractivity contribution in [2.24, 2.45) is 0 Å². The highest BCUT2D eigenvalue weighted by Gasteiger charge is 2.52. The molecule has 0 saturated carbocycles. The van der Waals surface area contributed by atoms with Gasteiger partial charge in [0.1, 0.15) is 0 Å². The average molecular weight is 672 g/mol. The van der Waals surface area contributed by atoms with Gasteiger partial charge in [0.25, 0.3) is 0 Å². The van der Waals surface area contributed by atoms with Crippen molar-refractivity contribution < 1.29 is 0 Å². The summed E-state index contributed by atoms with van der Waals surface area (Å²) in [5.74, 6) is 0. The zero-order chi connectivity index (χ0) is 35.7. The maximum Gasteiger partial charge on any atom is 0.0490 e. The van der Waals surface area contributed by atoms with Gasteiger partial charge in [0.2, 0.25) is 0 Å². The first kappa shape index (κ1) is 32.3. The topological polar surface area (TPSA) is 3.24 Å². The lowest BCUT2D eigenvalue weighted by atomic mass is 9.67. The molecule has 52 heavy (non-hydrogen) atoms. The molecule has 0 aromatic heterocycles. The van der Waals surface area contributed by atoms with Crippen LogP contribution in [0.2, 0.25) is 0 Å². The van der Waals surface area contributed by atoms with E-state index >= 15 is 0 Å². The summed E-state index contributed by atoms with van der Waals surface area (Å²) in [6.07, 6.45) is 0.952. The van der Waals surface area contributed by atoms with Crippen LogP contribution in [0.25, 0.3) is 11.1 Å². The van der Waals surface area contributed by atoms with E-state index in [0.717, 1.165) is 12.1 Å². The van der Waals surface area contributed by atoms with Crippen molar-refractivity contribution in [1.82, 2.24) is 0 Å². The summed E-state index contributed by atoms with van der Waals surface area (Å²) in [6, 6.07) is 63.7. The number of benzene rings is 7. The number of rotatable bonds is 6. The van der Waals surface area contributed by atoms with Crippen molar-refractivity contribution >= 4 is 17.1 Å². The highest BCUT2D eigenvalue weighted by molar-refractivity contribution is 5.86. The second-order valence-electron chi connectivity index (χ2n) is 15.8. The van der Waals surface area contributed by atoms with E-state index in [1.54, 1.807) is 0 Å². The maximum absolute atomic E-state index is 2.46. The van der Waals surface area contributed by atoms with E-state index in [0.29, 0.717) is 0 Å². The lowest BCUT2D eigenvalue weighted by Crippen LogP contribution is -2.30. The average Bonchev–Trinajstić information content (AvgIpc) is 3.59. The van der Waals surface area contributed by atoms with Crippen LogP contribution in [0.3, 0.4) is 0 Å². The fraction of sp³-hybridized carbons (Fsp3) is 0.176. The van der Waals surface area contributed by atoms with Gasteiger partial charge < -0.3 is 4.90 Å². The molecule has 1 heteroatoms. The van der Waals surface area contributed by atoms with Crippen LogP contribution in [0.4, 0.5) is 17.1 Å². The summed E-state index contributed by atoms with van der Waals surface area (Å²) in [4.78, 5) is 2.46. The molecule has 0 spiro atoms. The molecule has 0 fully saturated rings. The first-order chi connectivity index (χ1) is 25.2. The molecule has 2 aliphatic rings. The number of nitrogens with zero attached hydrogens (tertiary/aromatic N) is 1. The van der Waals surface area contributed by atoms with Gasteiger partial charge in [0, 0.05) is 33.3 Å². The molecular weight excluding hydrogens is 627 g/mol. The van der Waals surface area contributed by atoms with E-state index in [2.05, 4.69) is 209 Å². The van der Waals surface area contributed by atoms with Gasteiger partial charge >= 0.3 is 0 Å². The molecule has 1 nitrogen and oxygen atoms in total. The first-order valence-corrected chi connectivity index (χ1v) is 18.7. The van der Waals surface area contributed by atoms with Gasteiger partial charge in [-0.2, -0.15) is 0 Å². The Morgan fingerprint density at radius 1 is 0.442 bits per heavy atom. The van der Waals surface area contributed by atoms with Crippen LogP contribution in [0.15, 0.2) is 170 Å². The summed E-state index contributed by atoms with van der Waals surface area (Å²) in [5, 5.41) is 0. The molecule has 0 radical (unpaired) electrons. The van der Waals surface area contributed by atoms with Crippen LogP contribution >= 0.6 is 0 Å². The molecule has 0 saturated heterocycles. The second-order valence-corrected chi connectivity index (χ2v) is 15.8. The monoisotopic (exact) mass is 671 g/mol. The Morgan fingerprint density at radius 2 is 1.00 bits per heavy atom. The molecule has 7 aromatic carbocycles. The minimum Gasteiger partial charge on any atom is -0.310 e. The molecule has 0 heterocycles. The zero-order valence-electron chi connectivity index (χ0n) is 30.8.